The van der Waals surface area contributed by atoms with E-state index in [2.05, 4.69) is 25.8 Å². The Morgan fingerprint density at radius 3 is 2.38 bits per heavy atom. The third-order valence-corrected chi connectivity index (χ3v) is 2.91. The first-order valence-electron chi connectivity index (χ1n) is 3.88. The Morgan fingerprint density at radius 2 is 1.92 bits per heavy atom. The molecule has 0 radical (unpaired) electrons. The van der Waals surface area contributed by atoms with Gasteiger partial charge in [0.2, 0.25) is 0 Å². The van der Waals surface area contributed by atoms with Gasteiger partial charge in [-0.25, -0.2) is 4.98 Å². The number of thioether (sulfide) groups is 1. The number of halogens is 2. The SMILES string of the molecule is CC(C)(C)Sc1ncc(Cl)cc1Cl. The zero-order valence-corrected chi connectivity index (χ0v) is 10.1. The minimum atomic E-state index is 0.116. The van der Waals surface area contributed by atoms with E-state index >= 15 is 0 Å². The Balaban J connectivity index is 2.90. The molecule has 0 unspecified atom stereocenters. The molecule has 0 spiro atoms. The molecule has 1 nitrogen and oxygen atoms in total. The summed E-state index contributed by atoms with van der Waals surface area (Å²) in [5, 5.41) is 2.02. The highest BCUT2D eigenvalue weighted by Crippen LogP contribution is 2.35. The van der Waals surface area contributed by atoms with Crippen LogP contribution in [0.2, 0.25) is 10.0 Å². The smallest absolute Gasteiger partial charge is 0.115 e. The minimum absolute atomic E-state index is 0.116. The minimum Gasteiger partial charge on any atom is -0.247 e. The van der Waals surface area contributed by atoms with E-state index in [-0.39, 0.29) is 4.75 Å². The lowest BCUT2D eigenvalue weighted by Crippen LogP contribution is -2.07. The molecule has 0 aliphatic rings. The molecule has 0 aliphatic heterocycles. The summed E-state index contributed by atoms with van der Waals surface area (Å²) < 4.78 is 0.116. The van der Waals surface area contributed by atoms with Crippen LogP contribution in [0.15, 0.2) is 17.3 Å². The summed E-state index contributed by atoms with van der Waals surface area (Å²) >= 11 is 13.3. The van der Waals surface area contributed by atoms with E-state index in [1.165, 1.54) is 0 Å². The summed E-state index contributed by atoms with van der Waals surface area (Å²) in [4.78, 5) is 4.16. The highest BCUT2D eigenvalue weighted by molar-refractivity contribution is 8.00. The van der Waals surface area contributed by atoms with Gasteiger partial charge in [-0.1, -0.05) is 55.7 Å². The fourth-order valence-corrected chi connectivity index (χ4v) is 2.10. The fraction of sp³-hybridized carbons (Fsp3) is 0.444. The van der Waals surface area contributed by atoms with Gasteiger partial charge in [0, 0.05) is 10.9 Å². The van der Waals surface area contributed by atoms with Crippen LogP contribution in [0.25, 0.3) is 0 Å². The Morgan fingerprint density at radius 1 is 1.31 bits per heavy atom. The molecule has 1 rings (SSSR count). The van der Waals surface area contributed by atoms with Crippen molar-refractivity contribution in [1.29, 1.82) is 0 Å². The van der Waals surface area contributed by atoms with Gasteiger partial charge in [0.1, 0.15) is 5.03 Å². The molecule has 1 aromatic rings. The molecule has 0 amide bonds. The molecular formula is C9H11Cl2NS. The summed E-state index contributed by atoms with van der Waals surface area (Å²) in [7, 11) is 0. The number of hydrogen-bond acceptors (Lipinski definition) is 2. The van der Waals surface area contributed by atoms with Crippen molar-refractivity contribution in [2.75, 3.05) is 0 Å². The Kier molecular flexibility index (Phi) is 3.50. The average molecular weight is 236 g/mol. The number of rotatable bonds is 1. The van der Waals surface area contributed by atoms with Crippen LogP contribution in [-0.4, -0.2) is 9.73 Å². The number of nitrogens with zero attached hydrogens (tertiary/aromatic N) is 1. The number of pyridine rings is 1. The van der Waals surface area contributed by atoms with Gasteiger partial charge in [0.15, 0.2) is 0 Å². The van der Waals surface area contributed by atoms with E-state index in [9.17, 15) is 0 Å². The standard InChI is InChI=1S/C9H11Cl2NS/c1-9(2,3)13-8-7(11)4-6(10)5-12-8/h4-5H,1-3H3. The molecule has 72 valence electrons. The number of hydrogen-bond donors (Lipinski definition) is 0. The fourth-order valence-electron chi connectivity index (χ4n) is 0.767. The van der Waals surface area contributed by atoms with Crippen LogP contribution in [0.5, 0.6) is 0 Å². The van der Waals surface area contributed by atoms with E-state index in [0.29, 0.717) is 10.0 Å². The second-order valence-electron chi connectivity index (χ2n) is 3.65. The van der Waals surface area contributed by atoms with Crippen LogP contribution in [0.4, 0.5) is 0 Å². The zero-order chi connectivity index (χ0) is 10.1. The van der Waals surface area contributed by atoms with E-state index in [4.69, 9.17) is 23.2 Å². The maximum Gasteiger partial charge on any atom is 0.115 e. The van der Waals surface area contributed by atoms with Crippen molar-refractivity contribution in [2.45, 2.75) is 30.5 Å². The molecule has 4 heteroatoms. The molecule has 0 fully saturated rings. The van der Waals surface area contributed by atoms with Crippen molar-refractivity contribution in [1.82, 2.24) is 4.98 Å². The summed E-state index contributed by atoms with van der Waals surface area (Å²) in [6.45, 7) is 6.35. The molecule has 13 heavy (non-hydrogen) atoms. The van der Waals surface area contributed by atoms with Crippen molar-refractivity contribution in [3.63, 3.8) is 0 Å². The van der Waals surface area contributed by atoms with Gasteiger partial charge >= 0.3 is 0 Å². The molecule has 0 bridgehead atoms. The molecule has 1 aromatic heterocycles. The predicted octanol–water partition coefficient (Wildman–Crippen LogP) is 4.28. The van der Waals surface area contributed by atoms with Gasteiger partial charge in [-0.3, -0.25) is 0 Å². The monoisotopic (exact) mass is 235 g/mol. The van der Waals surface area contributed by atoms with Gasteiger partial charge in [-0.2, -0.15) is 0 Å². The van der Waals surface area contributed by atoms with Crippen LogP contribution in [0.3, 0.4) is 0 Å². The summed E-state index contributed by atoms with van der Waals surface area (Å²) in [5.41, 5.74) is 0. The van der Waals surface area contributed by atoms with Gasteiger partial charge in [-0.05, 0) is 6.07 Å². The second kappa shape index (κ2) is 4.07. The van der Waals surface area contributed by atoms with E-state index in [1.807, 2.05) is 0 Å². The zero-order valence-electron chi connectivity index (χ0n) is 7.77. The van der Waals surface area contributed by atoms with Crippen molar-refractivity contribution < 1.29 is 0 Å². The average Bonchev–Trinajstić information content (AvgIpc) is 1.93. The topological polar surface area (TPSA) is 12.9 Å². The Labute approximate surface area is 92.8 Å². The molecule has 0 aromatic carbocycles. The third kappa shape index (κ3) is 3.75. The Bertz CT molecular complexity index is 307. The third-order valence-electron chi connectivity index (χ3n) is 1.18. The first-order valence-corrected chi connectivity index (χ1v) is 5.46. The lowest BCUT2D eigenvalue weighted by atomic mass is 10.3. The van der Waals surface area contributed by atoms with Gasteiger partial charge < -0.3 is 0 Å². The van der Waals surface area contributed by atoms with Crippen LogP contribution in [0.1, 0.15) is 20.8 Å². The largest absolute Gasteiger partial charge is 0.247 e. The van der Waals surface area contributed by atoms with Crippen LogP contribution < -0.4 is 0 Å². The van der Waals surface area contributed by atoms with E-state index in [1.54, 1.807) is 24.0 Å². The number of aromatic nitrogens is 1. The molecule has 0 aliphatic carbocycles. The normalized spacial score (nSPS) is 11.8. The van der Waals surface area contributed by atoms with Gasteiger partial charge in [-0.15, -0.1) is 0 Å². The molecule has 0 saturated carbocycles. The summed E-state index contributed by atoms with van der Waals surface area (Å²) in [6, 6.07) is 1.71. The van der Waals surface area contributed by atoms with Crippen molar-refractivity contribution in [3.8, 4) is 0 Å². The lowest BCUT2D eigenvalue weighted by molar-refractivity contribution is 0.799. The second-order valence-corrected chi connectivity index (χ2v) is 6.31. The maximum absolute atomic E-state index is 5.97. The highest BCUT2D eigenvalue weighted by atomic mass is 35.5. The predicted molar refractivity (Wildman–Crippen MR) is 59.9 cm³/mol. The van der Waals surface area contributed by atoms with Crippen molar-refractivity contribution in [3.05, 3.63) is 22.3 Å². The van der Waals surface area contributed by atoms with Crippen LogP contribution in [0, 0.1) is 0 Å². The quantitative estimate of drug-likeness (QED) is 0.675. The molecule has 0 saturated heterocycles. The van der Waals surface area contributed by atoms with Crippen LogP contribution >= 0.6 is 35.0 Å². The lowest BCUT2D eigenvalue weighted by Gasteiger charge is -2.17. The highest BCUT2D eigenvalue weighted by Gasteiger charge is 2.15. The molecular weight excluding hydrogens is 225 g/mol. The first-order chi connectivity index (χ1) is 5.88. The van der Waals surface area contributed by atoms with Gasteiger partial charge in [0.05, 0.1) is 10.0 Å². The van der Waals surface area contributed by atoms with E-state index < -0.39 is 0 Å². The van der Waals surface area contributed by atoms with Crippen molar-refractivity contribution in [2.24, 2.45) is 0 Å². The first kappa shape index (κ1) is 11.2. The molecule has 0 N–H and O–H groups in total. The maximum atomic E-state index is 5.97. The summed E-state index contributed by atoms with van der Waals surface area (Å²) in [6.07, 6.45) is 1.61. The van der Waals surface area contributed by atoms with E-state index in [0.717, 1.165) is 5.03 Å². The van der Waals surface area contributed by atoms with Gasteiger partial charge in [0.25, 0.3) is 0 Å². The summed E-state index contributed by atoms with van der Waals surface area (Å²) in [5.74, 6) is 0. The van der Waals surface area contributed by atoms with Crippen LogP contribution in [-0.2, 0) is 0 Å². The van der Waals surface area contributed by atoms with Crippen molar-refractivity contribution >= 4 is 35.0 Å². The molecule has 0 atom stereocenters. The Hall–Kier alpha value is 0.0800. The molecule has 1 heterocycles.